The van der Waals surface area contributed by atoms with Crippen molar-refractivity contribution < 1.29 is 0 Å². The largest absolute Gasteiger partial charge is 0.229 e. The minimum Gasteiger partial charge on any atom is -0.229 e. The van der Waals surface area contributed by atoms with Gasteiger partial charge in [0.25, 0.3) is 0 Å². The SMILES string of the molecule is S=C=N[C@H]1C[C@H]2C=C[C@H]1C2. The van der Waals surface area contributed by atoms with Crippen LogP contribution in [0.3, 0.4) is 0 Å². The third kappa shape index (κ3) is 0.845. The number of fused-ring (bicyclic) bond motifs is 2. The molecule has 0 aromatic heterocycles. The summed E-state index contributed by atoms with van der Waals surface area (Å²) in [5, 5.41) is 2.47. The van der Waals surface area contributed by atoms with Crippen LogP contribution in [0.15, 0.2) is 17.1 Å². The molecule has 2 rings (SSSR count). The lowest BCUT2D eigenvalue weighted by Crippen LogP contribution is -2.09. The van der Waals surface area contributed by atoms with Gasteiger partial charge in [0, 0.05) is 5.92 Å². The quantitative estimate of drug-likeness (QED) is 0.317. The molecule has 0 saturated heterocycles. The molecule has 52 valence electrons. The van der Waals surface area contributed by atoms with Crippen molar-refractivity contribution in [1.82, 2.24) is 0 Å². The van der Waals surface area contributed by atoms with Gasteiger partial charge < -0.3 is 0 Å². The summed E-state index contributed by atoms with van der Waals surface area (Å²) < 4.78 is 0. The zero-order valence-corrected chi connectivity index (χ0v) is 6.47. The van der Waals surface area contributed by atoms with Gasteiger partial charge in [-0.15, -0.1) is 0 Å². The molecule has 0 aliphatic heterocycles. The van der Waals surface area contributed by atoms with E-state index in [-0.39, 0.29) is 0 Å². The number of thiocarbonyl (C=S) groups is 1. The third-order valence-electron chi connectivity index (χ3n) is 2.46. The highest BCUT2D eigenvalue weighted by Gasteiger charge is 2.35. The minimum atomic E-state index is 0.465. The van der Waals surface area contributed by atoms with Crippen LogP contribution in [-0.2, 0) is 0 Å². The highest BCUT2D eigenvalue weighted by atomic mass is 32.1. The lowest BCUT2D eigenvalue weighted by Gasteiger charge is -2.09. The highest BCUT2D eigenvalue weighted by Crippen LogP contribution is 2.40. The number of allylic oxidation sites excluding steroid dienone is 1. The van der Waals surface area contributed by atoms with Crippen molar-refractivity contribution in [2.45, 2.75) is 18.9 Å². The van der Waals surface area contributed by atoms with Gasteiger partial charge in [-0.1, -0.05) is 12.2 Å². The summed E-state index contributed by atoms with van der Waals surface area (Å²) in [5.41, 5.74) is 0. The summed E-state index contributed by atoms with van der Waals surface area (Å²) in [7, 11) is 0. The van der Waals surface area contributed by atoms with Crippen LogP contribution in [0.1, 0.15) is 12.8 Å². The van der Waals surface area contributed by atoms with E-state index in [9.17, 15) is 0 Å². The third-order valence-corrected chi connectivity index (χ3v) is 2.57. The van der Waals surface area contributed by atoms with Gasteiger partial charge in [-0.25, -0.2) is 4.99 Å². The van der Waals surface area contributed by atoms with Crippen molar-refractivity contribution in [3.8, 4) is 0 Å². The smallest absolute Gasteiger partial charge is 0.0671 e. The van der Waals surface area contributed by atoms with Crippen molar-refractivity contribution >= 4 is 17.4 Å². The molecule has 1 saturated carbocycles. The zero-order valence-electron chi connectivity index (χ0n) is 5.66. The van der Waals surface area contributed by atoms with E-state index in [1.54, 1.807) is 0 Å². The van der Waals surface area contributed by atoms with Crippen LogP contribution >= 0.6 is 12.2 Å². The normalized spacial score (nSPS) is 41.8. The minimum absolute atomic E-state index is 0.465. The monoisotopic (exact) mass is 151 g/mol. The first-order valence-electron chi connectivity index (χ1n) is 3.65. The Hall–Kier alpha value is -0.460. The van der Waals surface area contributed by atoms with Gasteiger partial charge >= 0.3 is 0 Å². The van der Waals surface area contributed by atoms with Gasteiger partial charge in [-0.2, -0.15) is 0 Å². The van der Waals surface area contributed by atoms with E-state index in [4.69, 9.17) is 0 Å². The van der Waals surface area contributed by atoms with Gasteiger partial charge in [-0.3, -0.25) is 0 Å². The Morgan fingerprint density at radius 2 is 2.30 bits per heavy atom. The van der Waals surface area contributed by atoms with E-state index in [0.717, 1.165) is 5.92 Å². The second kappa shape index (κ2) is 2.30. The average molecular weight is 151 g/mol. The number of nitrogens with zero attached hydrogens (tertiary/aromatic N) is 1. The second-order valence-corrected chi connectivity index (χ2v) is 3.25. The standard InChI is InChI=1S/C8H9NS/c10-5-9-8-4-6-1-2-7(8)3-6/h1-2,6-8H,3-4H2/t6-,7-,8-/m0/s1. The fourth-order valence-corrected chi connectivity index (χ4v) is 2.10. The topological polar surface area (TPSA) is 12.4 Å². The molecule has 0 radical (unpaired) electrons. The van der Waals surface area contributed by atoms with Crippen molar-refractivity contribution in [3.63, 3.8) is 0 Å². The summed E-state index contributed by atoms with van der Waals surface area (Å²) in [6, 6.07) is 0.465. The maximum atomic E-state index is 4.56. The first-order valence-corrected chi connectivity index (χ1v) is 4.06. The van der Waals surface area contributed by atoms with Crippen molar-refractivity contribution in [1.29, 1.82) is 0 Å². The molecule has 2 heteroatoms. The molecule has 0 aromatic carbocycles. The molecule has 1 fully saturated rings. The van der Waals surface area contributed by atoms with Gasteiger partial charge in [0.2, 0.25) is 0 Å². The molecule has 10 heavy (non-hydrogen) atoms. The van der Waals surface area contributed by atoms with E-state index >= 15 is 0 Å². The maximum absolute atomic E-state index is 4.56. The molecule has 2 aliphatic rings. The lowest BCUT2D eigenvalue weighted by atomic mass is 10.0. The summed E-state index contributed by atoms with van der Waals surface area (Å²) >= 11 is 4.56. The van der Waals surface area contributed by atoms with E-state index in [1.165, 1.54) is 12.8 Å². The van der Waals surface area contributed by atoms with E-state index in [2.05, 4.69) is 34.5 Å². The molecule has 0 aromatic rings. The highest BCUT2D eigenvalue weighted by molar-refractivity contribution is 7.78. The molecule has 1 nitrogen and oxygen atoms in total. The number of rotatable bonds is 1. The maximum Gasteiger partial charge on any atom is 0.0671 e. The fraction of sp³-hybridized carbons (Fsp3) is 0.625. The Labute approximate surface area is 65.8 Å². The number of aliphatic imine (C=N–C) groups is 1. The van der Waals surface area contributed by atoms with E-state index in [0.29, 0.717) is 12.0 Å². The Kier molecular flexibility index (Phi) is 1.44. The average Bonchev–Trinajstić information content (AvgIpc) is 2.48. The molecule has 0 heterocycles. The van der Waals surface area contributed by atoms with Crippen LogP contribution in [0.2, 0.25) is 0 Å². The molecule has 3 atom stereocenters. The molecule has 0 spiro atoms. The Morgan fingerprint density at radius 1 is 1.40 bits per heavy atom. The number of hydrogen-bond acceptors (Lipinski definition) is 2. The zero-order chi connectivity index (χ0) is 6.97. The van der Waals surface area contributed by atoms with Crippen LogP contribution in [-0.4, -0.2) is 11.2 Å². The van der Waals surface area contributed by atoms with Crippen LogP contribution in [0, 0.1) is 11.8 Å². The Morgan fingerprint density at radius 3 is 2.80 bits per heavy atom. The lowest BCUT2D eigenvalue weighted by molar-refractivity contribution is 0.582. The molecule has 0 unspecified atom stereocenters. The number of isothiocyanates is 1. The van der Waals surface area contributed by atoms with Crippen molar-refractivity contribution in [3.05, 3.63) is 12.2 Å². The predicted molar refractivity (Wildman–Crippen MR) is 44.2 cm³/mol. The first kappa shape index (κ1) is 6.26. The molecular formula is C8H9NS. The Balaban J connectivity index is 2.16. The Bertz CT molecular complexity index is 215. The molecule has 2 aliphatic carbocycles. The van der Waals surface area contributed by atoms with Crippen LogP contribution in [0.4, 0.5) is 0 Å². The summed E-state index contributed by atoms with van der Waals surface area (Å²) in [5.74, 6) is 1.47. The summed E-state index contributed by atoms with van der Waals surface area (Å²) in [4.78, 5) is 4.12. The summed E-state index contributed by atoms with van der Waals surface area (Å²) in [6.07, 6.45) is 7.07. The van der Waals surface area contributed by atoms with Crippen LogP contribution in [0.5, 0.6) is 0 Å². The number of hydrogen-bond donors (Lipinski definition) is 0. The van der Waals surface area contributed by atoms with E-state index < -0.39 is 0 Å². The van der Waals surface area contributed by atoms with Crippen molar-refractivity contribution in [2.24, 2.45) is 16.8 Å². The van der Waals surface area contributed by atoms with Crippen molar-refractivity contribution in [2.75, 3.05) is 0 Å². The van der Waals surface area contributed by atoms with Gasteiger partial charge in [0.1, 0.15) is 0 Å². The second-order valence-electron chi connectivity index (χ2n) is 3.07. The molecule has 0 N–H and O–H groups in total. The molecule has 0 amide bonds. The predicted octanol–water partition coefficient (Wildman–Crippen LogP) is 2.05. The van der Waals surface area contributed by atoms with E-state index in [1.807, 2.05) is 0 Å². The summed E-state index contributed by atoms with van der Waals surface area (Å²) in [6.45, 7) is 0. The first-order chi connectivity index (χ1) is 4.90. The van der Waals surface area contributed by atoms with Gasteiger partial charge in [0.15, 0.2) is 0 Å². The molecule has 2 bridgehead atoms. The fourth-order valence-electron chi connectivity index (χ4n) is 1.97. The molecular weight excluding hydrogens is 142 g/mol. The van der Waals surface area contributed by atoms with Gasteiger partial charge in [0.05, 0.1) is 11.2 Å². The van der Waals surface area contributed by atoms with Crippen LogP contribution < -0.4 is 0 Å². The van der Waals surface area contributed by atoms with Gasteiger partial charge in [-0.05, 0) is 31.0 Å². The van der Waals surface area contributed by atoms with Crippen LogP contribution in [0.25, 0.3) is 0 Å².